The van der Waals surface area contributed by atoms with Crippen molar-refractivity contribution < 1.29 is 0 Å². The molecular weight excluding hydrogens is 226 g/mol. The van der Waals surface area contributed by atoms with Crippen LogP contribution in [-0.2, 0) is 0 Å². The second-order valence-electron chi connectivity index (χ2n) is 4.72. The van der Waals surface area contributed by atoms with E-state index in [0.717, 1.165) is 18.9 Å². The SMILES string of the molecule is CCN(c1ccc(C(=N)N)cn1)C(C)CN(C)C. The van der Waals surface area contributed by atoms with Crippen molar-refractivity contribution in [1.29, 1.82) is 5.41 Å². The van der Waals surface area contributed by atoms with Gasteiger partial charge >= 0.3 is 0 Å². The Morgan fingerprint density at radius 2 is 2.11 bits per heavy atom. The fraction of sp³-hybridized carbons (Fsp3) is 0.538. The molecule has 3 N–H and O–H groups in total. The molecule has 5 heteroatoms. The van der Waals surface area contributed by atoms with Gasteiger partial charge in [-0.3, -0.25) is 5.41 Å². The van der Waals surface area contributed by atoms with Crippen molar-refractivity contribution in [3.8, 4) is 0 Å². The molecule has 5 nitrogen and oxygen atoms in total. The van der Waals surface area contributed by atoms with E-state index in [1.165, 1.54) is 0 Å². The van der Waals surface area contributed by atoms with E-state index in [0.29, 0.717) is 11.6 Å². The van der Waals surface area contributed by atoms with Crippen molar-refractivity contribution in [3.05, 3.63) is 23.9 Å². The van der Waals surface area contributed by atoms with Crippen LogP contribution >= 0.6 is 0 Å². The van der Waals surface area contributed by atoms with Gasteiger partial charge < -0.3 is 15.5 Å². The third-order valence-electron chi connectivity index (χ3n) is 2.86. The lowest BCUT2D eigenvalue weighted by molar-refractivity contribution is 0.372. The van der Waals surface area contributed by atoms with E-state index in [2.05, 4.69) is 42.7 Å². The van der Waals surface area contributed by atoms with Crippen LogP contribution in [0.1, 0.15) is 19.4 Å². The lowest BCUT2D eigenvalue weighted by Gasteiger charge is -2.31. The Hall–Kier alpha value is -1.62. The maximum Gasteiger partial charge on any atom is 0.128 e. The molecule has 0 spiro atoms. The van der Waals surface area contributed by atoms with Crippen LogP contribution in [0.25, 0.3) is 0 Å². The van der Waals surface area contributed by atoms with Gasteiger partial charge in [-0.25, -0.2) is 4.98 Å². The molecule has 0 bridgehead atoms. The Labute approximate surface area is 109 Å². The van der Waals surface area contributed by atoms with E-state index in [9.17, 15) is 0 Å². The Bertz CT molecular complexity index is 385. The average molecular weight is 249 g/mol. The predicted octanol–water partition coefficient (Wildman–Crippen LogP) is 1.14. The smallest absolute Gasteiger partial charge is 0.128 e. The minimum Gasteiger partial charge on any atom is -0.384 e. The fourth-order valence-electron chi connectivity index (χ4n) is 2.04. The Morgan fingerprint density at radius 1 is 1.44 bits per heavy atom. The topological polar surface area (TPSA) is 69.2 Å². The lowest BCUT2D eigenvalue weighted by Crippen LogP contribution is -2.40. The number of hydrogen-bond acceptors (Lipinski definition) is 4. The molecule has 0 fully saturated rings. The molecule has 0 aliphatic rings. The van der Waals surface area contributed by atoms with Crippen molar-refractivity contribution in [2.24, 2.45) is 5.73 Å². The van der Waals surface area contributed by atoms with Gasteiger partial charge in [0.05, 0.1) is 0 Å². The highest BCUT2D eigenvalue weighted by molar-refractivity contribution is 5.94. The number of aromatic nitrogens is 1. The van der Waals surface area contributed by atoms with Crippen LogP contribution < -0.4 is 10.6 Å². The number of nitrogens with zero attached hydrogens (tertiary/aromatic N) is 3. The molecule has 1 unspecified atom stereocenters. The van der Waals surface area contributed by atoms with E-state index in [-0.39, 0.29) is 5.84 Å². The first-order chi connectivity index (χ1) is 8.45. The molecule has 1 aromatic rings. The molecule has 1 aromatic heterocycles. The third-order valence-corrected chi connectivity index (χ3v) is 2.86. The number of likely N-dealkylation sites (N-methyl/N-ethyl adjacent to an activating group) is 2. The average Bonchev–Trinajstić information content (AvgIpc) is 2.29. The van der Waals surface area contributed by atoms with Crippen LogP contribution in [0.3, 0.4) is 0 Å². The van der Waals surface area contributed by atoms with Gasteiger partial charge in [0.15, 0.2) is 0 Å². The second kappa shape index (κ2) is 6.35. The number of rotatable bonds is 6. The summed E-state index contributed by atoms with van der Waals surface area (Å²) in [4.78, 5) is 8.79. The van der Waals surface area contributed by atoms with Gasteiger partial charge in [0.2, 0.25) is 0 Å². The molecule has 18 heavy (non-hydrogen) atoms. The summed E-state index contributed by atoms with van der Waals surface area (Å²) in [6, 6.07) is 4.16. The molecular formula is C13H23N5. The molecule has 1 rings (SSSR count). The number of hydrogen-bond donors (Lipinski definition) is 2. The first-order valence-corrected chi connectivity index (χ1v) is 6.17. The monoisotopic (exact) mass is 249 g/mol. The number of nitrogen functional groups attached to an aromatic ring is 1. The van der Waals surface area contributed by atoms with Crippen LogP contribution in [-0.4, -0.2) is 48.9 Å². The van der Waals surface area contributed by atoms with Gasteiger partial charge in [-0.05, 0) is 40.1 Å². The summed E-state index contributed by atoms with van der Waals surface area (Å²) in [6.45, 7) is 6.18. The van der Waals surface area contributed by atoms with Crippen LogP contribution in [0.2, 0.25) is 0 Å². The molecule has 0 saturated carbocycles. The van der Waals surface area contributed by atoms with Gasteiger partial charge in [-0.2, -0.15) is 0 Å². The number of amidine groups is 1. The molecule has 0 aromatic carbocycles. The summed E-state index contributed by atoms with van der Waals surface area (Å²) in [5, 5.41) is 7.35. The normalized spacial score (nSPS) is 12.5. The molecule has 0 aliphatic heterocycles. The largest absolute Gasteiger partial charge is 0.384 e. The van der Waals surface area contributed by atoms with Gasteiger partial charge in [0.25, 0.3) is 0 Å². The number of anilines is 1. The molecule has 0 aliphatic carbocycles. The van der Waals surface area contributed by atoms with Crippen molar-refractivity contribution in [2.75, 3.05) is 32.1 Å². The summed E-state index contributed by atoms with van der Waals surface area (Å²) >= 11 is 0. The van der Waals surface area contributed by atoms with E-state index >= 15 is 0 Å². The van der Waals surface area contributed by atoms with Crippen LogP contribution in [0.15, 0.2) is 18.3 Å². The summed E-state index contributed by atoms with van der Waals surface area (Å²) in [7, 11) is 4.13. The molecule has 0 saturated heterocycles. The first kappa shape index (κ1) is 14.4. The predicted molar refractivity (Wildman–Crippen MR) is 76.3 cm³/mol. The summed E-state index contributed by atoms with van der Waals surface area (Å²) < 4.78 is 0. The Balaban J connectivity index is 2.85. The quantitative estimate of drug-likeness (QED) is 0.586. The Morgan fingerprint density at radius 3 is 2.50 bits per heavy atom. The van der Waals surface area contributed by atoms with E-state index in [1.54, 1.807) is 6.20 Å². The van der Waals surface area contributed by atoms with E-state index in [1.807, 2.05) is 12.1 Å². The van der Waals surface area contributed by atoms with Gasteiger partial charge in [0, 0.05) is 30.9 Å². The standard InChI is InChI=1S/C13H23N5/c1-5-18(10(2)9-17(3)4)12-7-6-11(8-16-12)13(14)15/h6-8,10H,5,9H2,1-4H3,(H3,14,15). The lowest BCUT2D eigenvalue weighted by atomic mass is 10.2. The zero-order valence-corrected chi connectivity index (χ0v) is 11.6. The number of nitrogens with two attached hydrogens (primary N) is 1. The third kappa shape index (κ3) is 3.70. The summed E-state index contributed by atoms with van der Waals surface area (Å²) in [5.74, 6) is 0.982. The van der Waals surface area contributed by atoms with Crippen LogP contribution in [0.5, 0.6) is 0 Å². The van der Waals surface area contributed by atoms with Crippen molar-refractivity contribution in [1.82, 2.24) is 9.88 Å². The van der Waals surface area contributed by atoms with Crippen molar-refractivity contribution in [3.63, 3.8) is 0 Å². The molecule has 1 atom stereocenters. The maximum atomic E-state index is 7.35. The zero-order chi connectivity index (χ0) is 13.7. The molecule has 0 radical (unpaired) electrons. The molecule has 100 valence electrons. The van der Waals surface area contributed by atoms with Gasteiger partial charge in [0.1, 0.15) is 11.7 Å². The second-order valence-corrected chi connectivity index (χ2v) is 4.72. The fourth-order valence-corrected chi connectivity index (χ4v) is 2.04. The zero-order valence-electron chi connectivity index (χ0n) is 11.6. The maximum absolute atomic E-state index is 7.35. The minimum absolute atomic E-state index is 0.0541. The highest BCUT2D eigenvalue weighted by atomic mass is 15.2. The summed E-state index contributed by atoms with van der Waals surface area (Å²) in [6.07, 6.45) is 1.66. The van der Waals surface area contributed by atoms with Crippen LogP contribution in [0.4, 0.5) is 5.82 Å². The molecule has 0 amide bonds. The molecule has 1 heterocycles. The minimum atomic E-state index is 0.0541. The summed E-state index contributed by atoms with van der Waals surface area (Å²) in [5.41, 5.74) is 6.08. The Kier molecular flexibility index (Phi) is 5.09. The van der Waals surface area contributed by atoms with Gasteiger partial charge in [-0.15, -0.1) is 0 Å². The van der Waals surface area contributed by atoms with Crippen molar-refractivity contribution in [2.45, 2.75) is 19.9 Å². The number of nitrogens with one attached hydrogen (secondary N) is 1. The van der Waals surface area contributed by atoms with Crippen LogP contribution in [0, 0.1) is 5.41 Å². The van der Waals surface area contributed by atoms with Gasteiger partial charge in [-0.1, -0.05) is 0 Å². The highest BCUT2D eigenvalue weighted by Gasteiger charge is 2.14. The van der Waals surface area contributed by atoms with Crippen molar-refractivity contribution >= 4 is 11.7 Å². The first-order valence-electron chi connectivity index (χ1n) is 6.17. The van der Waals surface area contributed by atoms with E-state index < -0.39 is 0 Å². The number of pyridine rings is 1. The van der Waals surface area contributed by atoms with E-state index in [4.69, 9.17) is 11.1 Å². The highest BCUT2D eigenvalue weighted by Crippen LogP contribution is 2.14.